The molecule has 2 aromatic heterocycles. The number of aliphatic hydroxyl groups excluding tert-OH is 1. The molecule has 3 heterocycles. The van der Waals surface area contributed by atoms with E-state index in [-0.39, 0.29) is 36.2 Å². The van der Waals surface area contributed by atoms with Gasteiger partial charge in [0.1, 0.15) is 5.56 Å². The number of aliphatic hydroxyl groups is 1. The topological polar surface area (TPSA) is 84.1 Å². The third-order valence-corrected chi connectivity index (χ3v) is 4.31. The van der Waals surface area contributed by atoms with Crippen LogP contribution in [0.3, 0.4) is 0 Å². The van der Waals surface area contributed by atoms with Crippen LogP contribution < -0.4 is 5.56 Å². The number of rotatable bonds is 2. The van der Waals surface area contributed by atoms with E-state index >= 15 is 0 Å². The number of morpholine rings is 1. The Labute approximate surface area is 124 Å². The molecule has 3 rings (SSSR count). The monoisotopic (exact) mass is 309 g/mol. The average Bonchev–Trinajstić information content (AvgIpc) is 2.97. The number of carbonyl (C=O) groups is 1. The van der Waals surface area contributed by atoms with Crippen LogP contribution in [0.1, 0.15) is 17.3 Å². The third kappa shape index (κ3) is 2.45. The second-order valence-corrected chi connectivity index (χ2v) is 5.85. The predicted molar refractivity (Wildman–Crippen MR) is 76.7 cm³/mol. The van der Waals surface area contributed by atoms with E-state index in [1.54, 1.807) is 16.5 Å². The van der Waals surface area contributed by atoms with Crippen molar-refractivity contribution in [2.75, 3.05) is 19.8 Å². The predicted octanol–water partition coefficient (Wildman–Crippen LogP) is -0.0222. The van der Waals surface area contributed by atoms with Crippen LogP contribution in [0.15, 0.2) is 22.6 Å². The highest BCUT2D eigenvalue weighted by molar-refractivity contribution is 7.15. The van der Waals surface area contributed by atoms with E-state index < -0.39 is 6.10 Å². The highest BCUT2D eigenvalue weighted by Gasteiger charge is 2.31. The standard InChI is InChI=1S/C13H15N3O4S/c1-8-7-20-9(6-17)5-16(8)12(19)10-4-14-13-15(11(10)18)2-3-21-13/h2-4,8-9,17H,5-7H2,1H3. The van der Waals surface area contributed by atoms with Gasteiger partial charge in [0, 0.05) is 24.3 Å². The molecule has 0 bridgehead atoms. The summed E-state index contributed by atoms with van der Waals surface area (Å²) in [7, 11) is 0. The molecule has 0 radical (unpaired) electrons. The van der Waals surface area contributed by atoms with Crippen molar-refractivity contribution in [1.29, 1.82) is 0 Å². The van der Waals surface area contributed by atoms with Gasteiger partial charge in [0.15, 0.2) is 4.96 Å². The van der Waals surface area contributed by atoms with Gasteiger partial charge in [-0.3, -0.25) is 14.0 Å². The van der Waals surface area contributed by atoms with Gasteiger partial charge in [-0.2, -0.15) is 0 Å². The molecule has 2 atom stereocenters. The molecule has 0 aliphatic carbocycles. The largest absolute Gasteiger partial charge is 0.394 e. The summed E-state index contributed by atoms with van der Waals surface area (Å²) in [5.74, 6) is -0.373. The van der Waals surface area contributed by atoms with E-state index in [1.165, 1.54) is 21.9 Å². The first kappa shape index (κ1) is 14.2. The van der Waals surface area contributed by atoms with Crippen LogP contribution in [0, 0.1) is 0 Å². The first-order valence-electron chi connectivity index (χ1n) is 6.60. The zero-order valence-corrected chi connectivity index (χ0v) is 12.2. The molecule has 21 heavy (non-hydrogen) atoms. The normalized spacial score (nSPS) is 22.7. The molecule has 1 saturated heterocycles. The Morgan fingerprint density at radius 3 is 3.19 bits per heavy atom. The zero-order valence-electron chi connectivity index (χ0n) is 11.4. The summed E-state index contributed by atoms with van der Waals surface area (Å²) in [5, 5.41) is 10.9. The molecule has 0 saturated carbocycles. The molecule has 1 amide bonds. The maximum atomic E-state index is 12.6. The van der Waals surface area contributed by atoms with Crippen LogP contribution in [0.5, 0.6) is 0 Å². The minimum atomic E-state index is -0.411. The Morgan fingerprint density at radius 2 is 2.43 bits per heavy atom. The Morgan fingerprint density at radius 1 is 1.62 bits per heavy atom. The molecule has 8 heteroatoms. The molecule has 2 aromatic rings. The lowest BCUT2D eigenvalue weighted by Crippen LogP contribution is -2.52. The van der Waals surface area contributed by atoms with E-state index in [2.05, 4.69) is 4.98 Å². The van der Waals surface area contributed by atoms with Crippen molar-refractivity contribution >= 4 is 22.2 Å². The van der Waals surface area contributed by atoms with Gasteiger partial charge in [-0.05, 0) is 6.92 Å². The summed E-state index contributed by atoms with van der Waals surface area (Å²) >= 11 is 1.34. The second-order valence-electron chi connectivity index (χ2n) is 4.98. The van der Waals surface area contributed by atoms with E-state index in [4.69, 9.17) is 4.74 Å². The van der Waals surface area contributed by atoms with Crippen molar-refractivity contribution in [3.8, 4) is 0 Å². The summed E-state index contributed by atoms with van der Waals surface area (Å²) in [4.78, 5) is 31.2. The van der Waals surface area contributed by atoms with E-state index in [9.17, 15) is 14.7 Å². The Hall–Kier alpha value is -1.77. The molecule has 2 unspecified atom stereocenters. The van der Waals surface area contributed by atoms with Crippen molar-refractivity contribution in [2.24, 2.45) is 0 Å². The number of fused-ring (bicyclic) bond motifs is 1. The Bertz CT molecular complexity index is 726. The first-order valence-corrected chi connectivity index (χ1v) is 7.48. The number of carbonyl (C=O) groups excluding carboxylic acids is 1. The number of hydrogen-bond donors (Lipinski definition) is 1. The van der Waals surface area contributed by atoms with Crippen LogP contribution in [0.4, 0.5) is 0 Å². The van der Waals surface area contributed by atoms with Gasteiger partial charge < -0.3 is 14.7 Å². The summed E-state index contributed by atoms with van der Waals surface area (Å²) in [6.07, 6.45) is 2.52. The Balaban J connectivity index is 1.95. The van der Waals surface area contributed by atoms with Crippen LogP contribution in [-0.4, -0.2) is 57.2 Å². The third-order valence-electron chi connectivity index (χ3n) is 3.54. The lowest BCUT2D eigenvalue weighted by atomic mass is 10.1. The fourth-order valence-electron chi connectivity index (χ4n) is 2.34. The quantitative estimate of drug-likeness (QED) is 0.843. The van der Waals surface area contributed by atoms with Crippen LogP contribution in [0.2, 0.25) is 0 Å². The highest BCUT2D eigenvalue weighted by atomic mass is 32.1. The summed E-state index contributed by atoms with van der Waals surface area (Å²) in [5.41, 5.74) is -0.332. The second kappa shape index (κ2) is 5.55. The van der Waals surface area contributed by atoms with E-state index in [0.717, 1.165) is 0 Å². The molecule has 112 valence electrons. The molecule has 1 fully saturated rings. The smallest absolute Gasteiger partial charge is 0.271 e. The molecular formula is C13H15N3O4S. The zero-order chi connectivity index (χ0) is 15.0. The maximum absolute atomic E-state index is 12.6. The number of thiazole rings is 1. The van der Waals surface area contributed by atoms with Crippen LogP contribution in [0.25, 0.3) is 4.96 Å². The molecule has 1 aliphatic heterocycles. The van der Waals surface area contributed by atoms with Crippen molar-refractivity contribution in [3.63, 3.8) is 0 Å². The van der Waals surface area contributed by atoms with Crippen molar-refractivity contribution in [2.45, 2.75) is 19.1 Å². The maximum Gasteiger partial charge on any atom is 0.271 e. The van der Waals surface area contributed by atoms with Gasteiger partial charge in [-0.1, -0.05) is 0 Å². The number of nitrogens with zero attached hydrogens (tertiary/aromatic N) is 3. The lowest BCUT2D eigenvalue weighted by Gasteiger charge is -2.37. The minimum absolute atomic E-state index is 0.0383. The fourth-order valence-corrected chi connectivity index (χ4v) is 3.01. The van der Waals surface area contributed by atoms with Gasteiger partial charge in [0.25, 0.3) is 11.5 Å². The van der Waals surface area contributed by atoms with Gasteiger partial charge >= 0.3 is 0 Å². The van der Waals surface area contributed by atoms with E-state index in [1.807, 2.05) is 6.92 Å². The Kier molecular flexibility index (Phi) is 3.75. The summed E-state index contributed by atoms with van der Waals surface area (Å²) in [6, 6.07) is -0.150. The van der Waals surface area contributed by atoms with Gasteiger partial charge in [-0.15, -0.1) is 11.3 Å². The molecule has 1 aliphatic rings. The minimum Gasteiger partial charge on any atom is -0.394 e. The van der Waals surface area contributed by atoms with Crippen LogP contribution >= 0.6 is 11.3 Å². The van der Waals surface area contributed by atoms with E-state index in [0.29, 0.717) is 11.6 Å². The van der Waals surface area contributed by atoms with Gasteiger partial charge in [-0.25, -0.2) is 4.98 Å². The average molecular weight is 309 g/mol. The van der Waals surface area contributed by atoms with Gasteiger partial charge in [0.2, 0.25) is 0 Å². The number of ether oxygens (including phenoxy) is 1. The number of aromatic nitrogens is 2. The summed E-state index contributed by atoms with van der Waals surface area (Å²) in [6.45, 7) is 2.30. The van der Waals surface area contributed by atoms with Crippen molar-refractivity contribution < 1.29 is 14.6 Å². The SMILES string of the molecule is CC1COC(CO)CN1C(=O)c1cnc2sccn2c1=O. The van der Waals surface area contributed by atoms with Crippen molar-refractivity contribution in [1.82, 2.24) is 14.3 Å². The molecule has 1 N–H and O–H groups in total. The molecule has 0 spiro atoms. The van der Waals surface area contributed by atoms with Crippen LogP contribution in [-0.2, 0) is 4.74 Å². The first-order chi connectivity index (χ1) is 10.1. The number of hydrogen-bond acceptors (Lipinski definition) is 6. The molecule has 7 nitrogen and oxygen atoms in total. The van der Waals surface area contributed by atoms with Gasteiger partial charge in [0.05, 0.1) is 25.4 Å². The van der Waals surface area contributed by atoms with Crippen molar-refractivity contribution in [3.05, 3.63) is 33.7 Å². The number of amides is 1. The fraction of sp³-hybridized carbons (Fsp3) is 0.462. The lowest BCUT2D eigenvalue weighted by molar-refractivity contribution is -0.0667. The molecule has 0 aromatic carbocycles. The highest BCUT2D eigenvalue weighted by Crippen LogP contribution is 2.14. The molecular weight excluding hydrogens is 294 g/mol. The summed E-state index contributed by atoms with van der Waals surface area (Å²) < 4.78 is 6.77.